The Hall–Kier alpha value is -2.41. The lowest BCUT2D eigenvalue weighted by molar-refractivity contribution is -0.119. The van der Waals surface area contributed by atoms with Crippen molar-refractivity contribution < 1.29 is 4.79 Å². The summed E-state index contributed by atoms with van der Waals surface area (Å²) in [6.07, 6.45) is 4.92. The van der Waals surface area contributed by atoms with Crippen LogP contribution in [0.4, 0.5) is 0 Å². The van der Waals surface area contributed by atoms with E-state index in [4.69, 9.17) is 0 Å². The monoisotopic (exact) mass is 456 g/mol. The van der Waals surface area contributed by atoms with Crippen LogP contribution in [0.15, 0.2) is 45.5 Å². The highest BCUT2D eigenvalue weighted by atomic mass is 32.2. The van der Waals surface area contributed by atoms with Crippen molar-refractivity contribution in [2.24, 2.45) is 0 Å². The number of carbonyl (C=O) groups is 1. The van der Waals surface area contributed by atoms with Gasteiger partial charge in [0.1, 0.15) is 10.4 Å². The van der Waals surface area contributed by atoms with Gasteiger partial charge in [0, 0.05) is 22.4 Å². The predicted molar refractivity (Wildman–Crippen MR) is 123 cm³/mol. The van der Waals surface area contributed by atoms with Gasteiger partial charge in [-0.2, -0.15) is 5.26 Å². The lowest BCUT2D eigenvalue weighted by Crippen LogP contribution is -2.45. The van der Waals surface area contributed by atoms with Crippen molar-refractivity contribution in [2.75, 3.05) is 5.75 Å². The fourth-order valence-electron chi connectivity index (χ4n) is 3.70. The van der Waals surface area contributed by atoms with Crippen LogP contribution in [0.2, 0.25) is 0 Å². The average molecular weight is 457 g/mol. The summed E-state index contributed by atoms with van der Waals surface area (Å²) in [5, 5.41) is 17.4. The summed E-state index contributed by atoms with van der Waals surface area (Å²) in [6, 6.07) is 6.21. The summed E-state index contributed by atoms with van der Waals surface area (Å²) in [6.45, 7) is 4.07. The van der Waals surface area contributed by atoms with E-state index in [1.165, 1.54) is 23.1 Å². The van der Waals surface area contributed by atoms with Crippen LogP contribution in [0.25, 0.3) is 20.7 Å². The number of nitrogens with one attached hydrogen (secondary N) is 1. The van der Waals surface area contributed by atoms with Crippen molar-refractivity contribution in [3.05, 3.63) is 45.9 Å². The molecule has 3 aromatic rings. The van der Waals surface area contributed by atoms with Gasteiger partial charge in [-0.05, 0) is 37.1 Å². The third kappa shape index (κ3) is 3.95. The molecule has 0 bridgehead atoms. The number of nitriles is 1. The van der Waals surface area contributed by atoms with Gasteiger partial charge >= 0.3 is 0 Å². The molecular weight excluding hydrogens is 436 g/mol. The van der Waals surface area contributed by atoms with Crippen LogP contribution in [-0.4, -0.2) is 26.8 Å². The molecule has 0 saturated heterocycles. The average Bonchev–Trinajstić information content (AvgIpc) is 3.49. The number of carbonyl (C=O) groups excluding carboxylic acids is 1. The van der Waals surface area contributed by atoms with Crippen LogP contribution < -0.4 is 10.9 Å². The second kappa shape index (κ2) is 8.76. The minimum Gasteiger partial charge on any atom is -0.337 e. The Morgan fingerprint density at radius 2 is 2.23 bits per heavy atom. The summed E-state index contributed by atoms with van der Waals surface area (Å²) in [4.78, 5) is 32.1. The normalized spacial score (nSPS) is 15.2. The second-order valence-electron chi connectivity index (χ2n) is 7.14. The van der Waals surface area contributed by atoms with Crippen molar-refractivity contribution >= 4 is 50.6 Å². The van der Waals surface area contributed by atoms with Crippen molar-refractivity contribution in [1.82, 2.24) is 14.9 Å². The van der Waals surface area contributed by atoms with Crippen molar-refractivity contribution in [2.45, 2.75) is 42.9 Å². The van der Waals surface area contributed by atoms with E-state index in [0.717, 1.165) is 23.3 Å². The maximum Gasteiger partial charge on any atom is 0.263 e. The molecule has 0 unspecified atom stereocenters. The standard InChI is InChI=1S/C21H20N4O2S3/c1-2-9-25-19(27)17-14(15-6-5-10-28-15)11-29-18(17)23-20(25)30-12-16(26)24-21(13-22)7-3-4-8-21/h2,5-6,10-11H,1,3-4,7-9,12H2,(H,24,26). The number of thiophene rings is 2. The Bertz CT molecular complexity index is 1180. The highest BCUT2D eigenvalue weighted by molar-refractivity contribution is 7.99. The number of thioether (sulfide) groups is 1. The van der Waals surface area contributed by atoms with Gasteiger partial charge in [0.25, 0.3) is 5.56 Å². The Morgan fingerprint density at radius 3 is 2.90 bits per heavy atom. The van der Waals surface area contributed by atoms with Crippen LogP contribution in [0.3, 0.4) is 0 Å². The van der Waals surface area contributed by atoms with Gasteiger partial charge in [-0.15, -0.1) is 29.3 Å². The Kier molecular flexibility index (Phi) is 6.09. The number of nitrogens with zero attached hydrogens (tertiary/aromatic N) is 3. The van der Waals surface area contributed by atoms with Gasteiger partial charge in [0.2, 0.25) is 5.91 Å². The number of aromatic nitrogens is 2. The quantitative estimate of drug-likeness (QED) is 0.323. The molecule has 0 aromatic carbocycles. The van der Waals surface area contributed by atoms with Gasteiger partial charge in [-0.1, -0.05) is 23.9 Å². The van der Waals surface area contributed by atoms with Gasteiger partial charge in [-0.25, -0.2) is 4.98 Å². The molecule has 30 heavy (non-hydrogen) atoms. The second-order valence-corrected chi connectivity index (χ2v) is 9.89. The number of hydrogen-bond acceptors (Lipinski definition) is 7. The van der Waals surface area contributed by atoms with Crippen LogP contribution in [0, 0.1) is 11.3 Å². The first-order valence-corrected chi connectivity index (χ1v) is 12.3. The highest BCUT2D eigenvalue weighted by Crippen LogP contribution is 2.34. The van der Waals surface area contributed by atoms with E-state index in [1.807, 2.05) is 22.9 Å². The maximum absolute atomic E-state index is 13.3. The molecule has 154 valence electrons. The number of hydrogen-bond donors (Lipinski definition) is 1. The zero-order chi connectivity index (χ0) is 21.1. The predicted octanol–water partition coefficient (Wildman–Crippen LogP) is 4.42. The summed E-state index contributed by atoms with van der Waals surface area (Å²) in [5.41, 5.74) is 0.0164. The number of amides is 1. The lowest BCUT2D eigenvalue weighted by Gasteiger charge is -2.21. The fraction of sp³-hybridized carbons (Fsp3) is 0.333. The molecular formula is C21H20N4O2S3. The molecule has 1 saturated carbocycles. The molecule has 0 radical (unpaired) electrons. The van der Waals surface area contributed by atoms with Crippen LogP contribution in [0.1, 0.15) is 25.7 Å². The molecule has 0 spiro atoms. The Balaban J connectivity index is 1.62. The molecule has 1 fully saturated rings. The molecule has 6 nitrogen and oxygen atoms in total. The number of fused-ring (bicyclic) bond motifs is 1. The molecule has 4 rings (SSSR count). The molecule has 1 amide bonds. The Labute approximate surface area is 186 Å². The topological polar surface area (TPSA) is 87.8 Å². The minimum atomic E-state index is -0.751. The zero-order valence-electron chi connectivity index (χ0n) is 16.2. The maximum atomic E-state index is 13.3. The summed E-state index contributed by atoms with van der Waals surface area (Å²) in [5.74, 6) is -0.116. The third-order valence-corrected chi connectivity index (χ3v) is 7.89. The zero-order valence-corrected chi connectivity index (χ0v) is 18.7. The molecule has 0 aliphatic heterocycles. The Morgan fingerprint density at radius 1 is 1.43 bits per heavy atom. The molecule has 3 heterocycles. The summed E-state index contributed by atoms with van der Waals surface area (Å²) < 4.78 is 1.56. The van der Waals surface area contributed by atoms with Gasteiger partial charge < -0.3 is 5.32 Å². The summed E-state index contributed by atoms with van der Waals surface area (Å²) in [7, 11) is 0. The van der Waals surface area contributed by atoms with Crippen LogP contribution >= 0.6 is 34.4 Å². The van der Waals surface area contributed by atoms with E-state index >= 15 is 0 Å². The lowest BCUT2D eigenvalue weighted by atomic mass is 10.0. The number of allylic oxidation sites excluding steroid dienone is 1. The molecule has 1 aliphatic rings. The molecule has 9 heteroatoms. The van der Waals surface area contributed by atoms with Crippen LogP contribution in [0.5, 0.6) is 0 Å². The van der Waals surface area contributed by atoms with Gasteiger partial charge in [0.15, 0.2) is 5.16 Å². The van der Waals surface area contributed by atoms with E-state index in [-0.39, 0.29) is 17.2 Å². The molecule has 3 aromatic heterocycles. The minimum absolute atomic E-state index is 0.0989. The van der Waals surface area contributed by atoms with Crippen molar-refractivity contribution in [3.8, 4) is 16.5 Å². The van der Waals surface area contributed by atoms with Crippen LogP contribution in [-0.2, 0) is 11.3 Å². The first kappa shape index (κ1) is 20.8. The van der Waals surface area contributed by atoms with Crippen molar-refractivity contribution in [3.63, 3.8) is 0 Å². The summed E-state index contributed by atoms with van der Waals surface area (Å²) >= 11 is 4.23. The van der Waals surface area contributed by atoms with Gasteiger partial charge in [-0.3, -0.25) is 14.2 Å². The SMILES string of the molecule is C=CCn1c(SCC(=O)NC2(C#N)CCCC2)nc2scc(-c3cccs3)c2c1=O. The van der Waals surface area contributed by atoms with E-state index in [2.05, 4.69) is 22.9 Å². The molecule has 1 aliphatic carbocycles. The number of rotatable bonds is 7. The van der Waals surface area contributed by atoms with E-state index in [9.17, 15) is 14.9 Å². The first-order chi connectivity index (χ1) is 14.6. The fourth-order valence-corrected chi connectivity index (χ4v) is 6.31. The smallest absolute Gasteiger partial charge is 0.263 e. The van der Waals surface area contributed by atoms with Crippen molar-refractivity contribution in [1.29, 1.82) is 5.26 Å². The third-order valence-electron chi connectivity index (χ3n) is 5.14. The first-order valence-electron chi connectivity index (χ1n) is 9.59. The molecule has 0 atom stereocenters. The van der Waals surface area contributed by atoms with Gasteiger partial charge in [0.05, 0.1) is 17.2 Å². The largest absolute Gasteiger partial charge is 0.337 e. The highest BCUT2D eigenvalue weighted by Gasteiger charge is 2.35. The molecule has 1 N–H and O–H groups in total. The van der Waals surface area contributed by atoms with E-state index in [1.54, 1.807) is 22.0 Å². The van der Waals surface area contributed by atoms with E-state index in [0.29, 0.717) is 34.8 Å². The van der Waals surface area contributed by atoms with E-state index < -0.39 is 5.54 Å².